The Kier molecular flexibility index (Phi) is 8.46. The summed E-state index contributed by atoms with van der Waals surface area (Å²) >= 11 is 3.41. The van der Waals surface area contributed by atoms with Gasteiger partial charge in [-0.15, -0.1) is 0 Å². The Hall–Kier alpha value is -2.91. The van der Waals surface area contributed by atoms with E-state index in [1.807, 2.05) is 75.4 Å². The Morgan fingerprint density at radius 1 is 0.972 bits per heavy atom. The SMILES string of the molecule is C[C@@H](C(=O)NC(C)(C)C)N(Cc1ccc(Br)cc1)C(=O)CN(c1cccc2ccccc12)S(C)(=O)=O. The van der Waals surface area contributed by atoms with Crippen LogP contribution in [-0.4, -0.2) is 49.5 Å². The van der Waals surface area contributed by atoms with Crippen LogP contribution in [0.4, 0.5) is 5.69 Å². The van der Waals surface area contributed by atoms with Crippen molar-refractivity contribution in [2.45, 2.75) is 45.8 Å². The molecule has 7 nitrogen and oxygen atoms in total. The molecule has 9 heteroatoms. The molecule has 36 heavy (non-hydrogen) atoms. The molecule has 1 atom stereocenters. The second-order valence-corrected chi connectivity index (χ2v) is 12.7. The fourth-order valence-electron chi connectivity index (χ4n) is 3.86. The highest BCUT2D eigenvalue weighted by Crippen LogP contribution is 2.28. The number of nitrogens with one attached hydrogen (secondary N) is 1. The number of halogens is 1. The van der Waals surface area contributed by atoms with Gasteiger partial charge in [0.25, 0.3) is 0 Å². The fraction of sp³-hybridized carbons (Fsp3) is 0.333. The average molecular weight is 575 g/mol. The lowest BCUT2D eigenvalue weighted by molar-refractivity contribution is -0.140. The van der Waals surface area contributed by atoms with Gasteiger partial charge >= 0.3 is 0 Å². The number of sulfonamides is 1. The van der Waals surface area contributed by atoms with E-state index in [1.54, 1.807) is 19.1 Å². The number of hydrogen-bond donors (Lipinski definition) is 1. The van der Waals surface area contributed by atoms with Crippen LogP contribution in [0.2, 0.25) is 0 Å². The van der Waals surface area contributed by atoms with Crippen molar-refractivity contribution < 1.29 is 18.0 Å². The summed E-state index contributed by atoms with van der Waals surface area (Å²) in [6, 6.07) is 19.4. The summed E-state index contributed by atoms with van der Waals surface area (Å²) in [6.45, 7) is 6.97. The van der Waals surface area contributed by atoms with Crippen LogP contribution in [0.15, 0.2) is 71.2 Å². The summed E-state index contributed by atoms with van der Waals surface area (Å²) in [4.78, 5) is 28.2. The molecule has 0 fully saturated rings. The zero-order chi connectivity index (χ0) is 26.7. The molecule has 0 saturated heterocycles. The number of anilines is 1. The van der Waals surface area contributed by atoms with Crippen molar-refractivity contribution in [2.24, 2.45) is 0 Å². The minimum atomic E-state index is -3.81. The van der Waals surface area contributed by atoms with Gasteiger partial charge in [0.05, 0.1) is 11.9 Å². The number of hydrogen-bond acceptors (Lipinski definition) is 4. The molecule has 0 bridgehead atoms. The molecule has 0 spiro atoms. The normalized spacial score (nSPS) is 12.7. The van der Waals surface area contributed by atoms with E-state index in [2.05, 4.69) is 21.2 Å². The van der Waals surface area contributed by atoms with E-state index in [4.69, 9.17) is 0 Å². The summed E-state index contributed by atoms with van der Waals surface area (Å²) < 4.78 is 27.8. The number of benzene rings is 3. The first kappa shape index (κ1) is 27.7. The maximum Gasteiger partial charge on any atom is 0.244 e. The third kappa shape index (κ3) is 7.07. The molecule has 2 amide bonds. The number of rotatable bonds is 8. The van der Waals surface area contributed by atoms with Crippen molar-refractivity contribution >= 4 is 54.2 Å². The molecule has 0 saturated carbocycles. The van der Waals surface area contributed by atoms with Gasteiger partial charge in [-0.25, -0.2) is 8.42 Å². The molecular weight excluding hydrogens is 542 g/mol. The minimum absolute atomic E-state index is 0.151. The Labute approximate surface area is 221 Å². The molecule has 3 aromatic carbocycles. The monoisotopic (exact) mass is 573 g/mol. The zero-order valence-electron chi connectivity index (χ0n) is 21.2. The lowest BCUT2D eigenvalue weighted by atomic mass is 10.1. The maximum atomic E-state index is 13.7. The first-order valence-corrected chi connectivity index (χ1v) is 14.2. The summed E-state index contributed by atoms with van der Waals surface area (Å²) in [5.74, 6) is -0.795. The van der Waals surface area contributed by atoms with Gasteiger partial charge in [-0.2, -0.15) is 0 Å². The molecule has 192 valence electrons. The van der Waals surface area contributed by atoms with Crippen LogP contribution in [0.25, 0.3) is 10.8 Å². The number of carbonyl (C=O) groups is 2. The zero-order valence-corrected chi connectivity index (χ0v) is 23.6. The first-order valence-electron chi connectivity index (χ1n) is 11.6. The minimum Gasteiger partial charge on any atom is -0.350 e. The van der Waals surface area contributed by atoms with Crippen molar-refractivity contribution in [3.05, 3.63) is 76.8 Å². The largest absolute Gasteiger partial charge is 0.350 e. The molecule has 1 N–H and O–H groups in total. The van der Waals surface area contributed by atoms with Crippen LogP contribution < -0.4 is 9.62 Å². The van der Waals surface area contributed by atoms with Crippen LogP contribution in [0.1, 0.15) is 33.3 Å². The highest BCUT2D eigenvalue weighted by atomic mass is 79.9. The highest BCUT2D eigenvalue weighted by molar-refractivity contribution is 9.10. The highest BCUT2D eigenvalue weighted by Gasteiger charge is 2.31. The van der Waals surface area contributed by atoms with E-state index < -0.39 is 34.1 Å². The molecule has 3 rings (SSSR count). The van der Waals surface area contributed by atoms with Crippen molar-refractivity contribution in [3.8, 4) is 0 Å². The topological polar surface area (TPSA) is 86.8 Å². The van der Waals surface area contributed by atoms with Crippen molar-refractivity contribution in [1.29, 1.82) is 0 Å². The Morgan fingerprint density at radius 2 is 1.58 bits per heavy atom. The fourth-order valence-corrected chi connectivity index (χ4v) is 4.99. The summed E-state index contributed by atoms with van der Waals surface area (Å²) in [6.07, 6.45) is 1.08. The molecule has 0 unspecified atom stereocenters. The van der Waals surface area contributed by atoms with E-state index in [9.17, 15) is 18.0 Å². The third-order valence-electron chi connectivity index (χ3n) is 5.65. The van der Waals surface area contributed by atoms with Gasteiger partial charge in [-0.05, 0) is 56.8 Å². The average Bonchev–Trinajstić information content (AvgIpc) is 2.79. The summed E-state index contributed by atoms with van der Waals surface area (Å²) in [7, 11) is -3.81. The molecule has 0 radical (unpaired) electrons. The van der Waals surface area contributed by atoms with Gasteiger partial charge in [0, 0.05) is 21.9 Å². The van der Waals surface area contributed by atoms with Gasteiger partial charge in [0.15, 0.2) is 0 Å². The van der Waals surface area contributed by atoms with Gasteiger partial charge < -0.3 is 10.2 Å². The lowest BCUT2D eigenvalue weighted by Gasteiger charge is -2.33. The molecule has 0 aliphatic heterocycles. The van der Waals surface area contributed by atoms with E-state index in [-0.39, 0.29) is 12.5 Å². The summed E-state index contributed by atoms with van der Waals surface area (Å²) in [5.41, 5.74) is 0.747. The molecule has 0 aromatic heterocycles. The Bertz CT molecular complexity index is 1350. The third-order valence-corrected chi connectivity index (χ3v) is 7.30. The quantitative estimate of drug-likeness (QED) is 0.423. The van der Waals surface area contributed by atoms with Crippen molar-refractivity contribution in [3.63, 3.8) is 0 Å². The molecule has 0 aliphatic rings. The van der Waals surface area contributed by atoms with Crippen LogP contribution in [0, 0.1) is 0 Å². The molecule has 3 aromatic rings. The Morgan fingerprint density at radius 3 is 2.19 bits per heavy atom. The molecule has 0 heterocycles. The van der Waals surface area contributed by atoms with Crippen LogP contribution in [0.3, 0.4) is 0 Å². The number of amides is 2. The lowest BCUT2D eigenvalue weighted by Crippen LogP contribution is -2.54. The van der Waals surface area contributed by atoms with Gasteiger partial charge in [-0.3, -0.25) is 13.9 Å². The first-order chi connectivity index (χ1) is 16.8. The maximum absolute atomic E-state index is 13.7. The van der Waals surface area contributed by atoms with Crippen molar-refractivity contribution in [1.82, 2.24) is 10.2 Å². The van der Waals surface area contributed by atoms with E-state index in [1.165, 1.54) is 4.90 Å². The van der Waals surface area contributed by atoms with Crippen LogP contribution in [-0.2, 0) is 26.2 Å². The van der Waals surface area contributed by atoms with Gasteiger partial charge in [-0.1, -0.05) is 64.5 Å². The van der Waals surface area contributed by atoms with Crippen molar-refractivity contribution in [2.75, 3.05) is 17.1 Å². The standard InChI is InChI=1S/C27H32BrN3O4S/c1-19(26(33)29-27(2,3)4)30(17-20-13-15-22(28)16-14-20)25(32)18-31(36(5,34)35)24-12-8-10-21-9-6-7-11-23(21)24/h6-16,19H,17-18H2,1-5H3,(H,29,33)/t19-/m0/s1. The number of fused-ring (bicyclic) bond motifs is 1. The smallest absolute Gasteiger partial charge is 0.244 e. The van der Waals surface area contributed by atoms with Crippen LogP contribution >= 0.6 is 15.9 Å². The predicted octanol–water partition coefficient (Wildman–Crippen LogP) is 4.70. The van der Waals surface area contributed by atoms with Gasteiger partial charge in [0.1, 0.15) is 12.6 Å². The van der Waals surface area contributed by atoms with E-state index in [0.717, 1.165) is 31.4 Å². The second-order valence-electron chi connectivity index (χ2n) is 9.83. The predicted molar refractivity (Wildman–Crippen MR) is 148 cm³/mol. The molecule has 0 aliphatic carbocycles. The summed E-state index contributed by atoms with van der Waals surface area (Å²) in [5, 5.41) is 4.50. The molecular formula is C27H32BrN3O4S. The number of carbonyl (C=O) groups excluding carboxylic acids is 2. The van der Waals surface area contributed by atoms with E-state index in [0.29, 0.717) is 5.69 Å². The van der Waals surface area contributed by atoms with Crippen LogP contribution in [0.5, 0.6) is 0 Å². The Balaban J connectivity index is 1.99. The van der Waals surface area contributed by atoms with Gasteiger partial charge in [0.2, 0.25) is 21.8 Å². The second kappa shape index (κ2) is 11.0. The van der Waals surface area contributed by atoms with E-state index >= 15 is 0 Å². The number of nitrogens with zero attached hydrogens (tertiary/aromatic N) is 2.